The number of H-pyrrole nitrogens is 1. The molecule has 1 N–H and O–H groups in total. The van der Waals surface area contributed by atoms with Gasteiger partial charge in [-0.3, -0.25) is 0 Å². The lowest BCUT2D eigenvalue weighted by atomic mass is 9.92. The van der Waals surface area contributed by atoms with Crippen LogP contribution in [0.4, 0.5) is 0 Å². The van der Waals surface area contributed by atoms with Crippen LogP contribution in [0, 0.1) is 0 Å². The number of aromatic nitrogens is 4. The van der Waals surface area contributed by atoms with E-state index in [-0.39, 0.29) is 0 Å². The van der Waals surface area contributed by atoms with E-state index in [0.717, 1.165) is 75.7 Å². The fourth-order valence-corrected chi connectivity index (χ4v) is 9.09. The third-order valence-corrected chi connectivity index (χ3v) is 11.5. The molecule has 0 spiro atoms. The van der Waals surface area contributed by atoms with Gasteiger partial charge in [0.25, 0.3) is 0 Å². The van der Waals surface area contributed by atoms with Gasteiger partial charge < -0.3 is 9.55 Å². The number of unbranched alkanes of at least 4 members (excludes halogenated alkanes) is 4. The number of nitrogens with one attached hydrogen (secondary N) is 1. The van der Waals surface area contributed by atoms with Crippen LogP contribution in [0.2, 0.25) is 0 Å². The second-order valence-electron chi connectivity index (χ2n) is 14.3. The first-order valence-electron chi connectivity index (χ1n) is 20.6. The van der Waals surface area contributed by atoms with Crippen molar-refractivity contribution in [1.29, 1.82) is 0 Å². The van der Waals surface area contributed by atoms with Crippen molar-refractivity contribution in [2.45, 2.75) is 172 Å². The molecule has 0 aromatic carbocycles. The Labute approximate surface area is 304 Å². The Kier molecular flexibility index (Phi) is 13.0. The van der Waals surface area contributed by atoms with Gasteiger partial charge in [0.05, 0.1) is 28.3 Å². The first kappa shape index (κ1) is 37.8. The molecule has 8 bridgehead atoms. The molecule has 0 fully saturated rings. The minimum Gasteiger partial charge on any atom is -0.354 e. The van der Waals surface area contributed by atoms with Crippen LogP contribution in [0.3, 0.4) is 0 Å². The lowest BCUT2D eigenvalue weighted by Crippen LogP contribution is -2.02. The molecular formula is C46H66N4. The summed E-state index contributed by atoms with van der Waals surface area (Å²) >= 11 is 0. The number of hydrogen-bond donors (Lipinski definition) is 1. The normalized spacial score (nSPS) is 12.9. The number of hydrogen-bond acceptors (Lipinski definition) is 2. The average molecular weight is 675 g/mol. The maximum absolute atomic E-state index is 5.85. The van der Waals surface area contributed by atoms with E-state index in [4.69, 9.17) is 9.97 Å². The van der Waals surface area contributed by atoms with Gasteiger partial charge in [-0.15, -0.1) is 0 Å². The van der Waals surface area contributed by atoms with Gasteiger partial charge in [0, 0.05) is 39.8 Å². The summed E-state index contributed by atoms with van der Waals surface area (Å²) in [6.07, 6.45) is 20.9. The Balaban J connectivity index is 2.14. The van der Waals surface area contributed by atoms with Gasteiger partial charge in [-0.1, -0.05) is 88.0 Å². The zero-order chi connectivity index (χ0) is 35.9. The molecule has 0 aliphatic carbocycles. The van der Waals surface area contributed by atoms with Crippen molar-refractivity contribution >= 4 is 45.4 Å². The molecule has 3 aromatic heterocycles. The summed E-state index contributed by atoms with van der Waals surface area (Å²) in [4.78, 5) is 15.4. The zero-order valence-corrected chi connectivity index (χ0v) is 33.4. The fraction of sp³-hybridized carbons (Fsp3) is 0.565. The van der Waals surface area contributed by atoms with E-state index in [2.05, 4.69) is 97.0 Å². The Morgan fingerprint density at radius 3 is 1.58 bits per heavy atom. The Hall–Kier alpha value is -3.40. The first-order valence-corrected chi connectivity index (χ1v) is 20.6. The molecule has 0 atom stereocenters. The van der Waals surface area contributed by atoms with Crippen LogP contribution in [-0.4, -0.2) is 19.5 Å². The van der Waals surface area contributed by atoms with E-state index in [1.54, 1.807) is 0 Å². The maximum Gasteiger partial charge on any atom is 0.0725 e. The number of aromatic amines is 1. The summed E-state index contributed by atoms with van der Waals surface area (Å²) in [5, 5.41) is 0. The van der Waals surface area contributed by atoms with Crippen molar-refractivity contribution < 1.29 is 0 Å². The number of allylic oxidation sites excluding steroid dienone is 2. The van der Waals surface area contributed by atoms with E-state index >= 15 is 0 Å². The van der Waals surface area contributed by atoms with Crippen molar-refractivity contribution in [2.75, 3.05) is 0 Å². The smallest absolute Gasteiger partial charge is 0.0725 e. The predicted octanol–water partition coefficient (Wildman–Crippen LogP) is 13.0. The van der Waals surface area contributed by atoms with Gasteiger partial charge in [-0.05, 0) is 129 Å². The first-order chi connectivity index (χ1) is 24.4. The average Bonchev–Trinajstić information content (AvgIpc) is 3.90. The number of nitrogens with zero attached hydrogens (tertiary/aromatic N) is 3. The van der Waals surface area contributed by atoms with Crippen molar-refractivity contribution in [3.63, 3.8) is 0 Å². The maximum atomic E-state index is 5.85. The van der Waals surface area contributed by atoms with Gasteiger partial charge in [-0.2, -0.15) is 0 Å². The number of rotatable bonds is 16. The molecule has 0 radical (unpaired) electrons. The van der Waals surface area contributed by atoms with Crippen molar-refractivity contribution in [3.05, 3.63) is 67.8 Å². The largest absolute Gasteiger partial charge is 0.354 e. The summed E-state index contributed by atoms with van der Waals surface area (Å²) < 4.78 is 2.63. The molecule has 0 saturated carbocycles. The molecule has 2 aliphatic heterocycles. The second-order valence-corrected chi connectivity index (χ2v) is 14.3. The van der Waals surface area contributed by atoms with E-state index in [9.17, 15) is 0 Å². The number of fused-ring (bicyclic) bond motifs is 8. The van der Waals surface area contributed by atoms with Crippen molar-refractivity contribution in [3.8, 4) is 0 Å². The quantitative estimate of drug-likeness (QED) is 0.120. The van der Waals surface area contributed by atoms with Crippen LogP contribution >= 0.6 is 0 Å². The van der Waals surface area contributed by atoms with Gasteiger partial charge in [0.2, 0.25) is 0 Å². The fourth-order valence-electron chi connectivity index (χ4n) is 9.09. The van der Waals surface area contributed by atoms with Gasteiger partial charge in [0.1, 0.15) is 0 Å². The third kappa shape index (κ3) is 6.81. The molecule has 0 amide bonds. The highest BCUT2D eigenvalue weighted by Gasteiger charge is 2.27. The Morgan fingerprint density at radius 1 is 0.520 bits per heavy atom. The lowest BCUT2D eigenvalue weighted by molar-refractivity contribution is 0.713. The molecule has 0 saturated heterocycles. The minimum absolute atomic E-state index is 0.929. The van der Waals surface area contributed by atoms with E-state index in [0.29, 0.717) is 0 Å². The SMILES string of the molecule is CCCCCc1c2nc(cc3c(CC)c(CC)c(c(CCCCC)c4nc(c(CC)c5[nH]c1c(CC)c5CC)C(CC)=C4CC)n3CC)C=C2. The highest BCUT2D eigenvalue weighted by Crippen LogP contribution is 2.42. The van der Waals surface area contributed by atoms with Gasteiger partial charge in [0.15, 0.2) is 0 Å². The van der Waals surface area contributed by atoms with Crippen LogP contribution in [-0.2, 0) is 51.5 Å². The Bertz CT molecular complexity index is 1910. The molecule has 2 aliphatic rings. The minimum atomic E-state index is 0.929. The van der Waals surface area contributed by atoms with Crippen LogP contribution in [0.1, 0.15) is 182 Å². The summed E-state index contributed by atoms with van der Waals surface area (Å²) in [5.74, 6) is 0. The molecule has 270 valence electrons. The van der Waals surface area contributed by atoms with Crippen LogP contribution < -0.4 is 0 Å². The third-order valence-electron chi connectivity index (χ3n) is 11.5. The lowest BCUT2D eigenvalue weighted by Gasteiger charge is -2.13. The molecule has 0 unspecified atom stereocenters. The molecule has 3 aromatic rings. The topological polar surface area (TPSA) is 46.5 Å². The summed E-state index contributed by atoms with van der Waals surface area (Å²) in [5.41, 5.74) is 23.2. The highest BCUT2D eigenvalue weighted by atomic mass is 15.0. The molecule has 4 heteroatoms. The van der Waals surface area contributed by atoms with E-state index in [1.807, 2.05) is 0 Å². The monoisotopic (exact) mass is 675 g/mol. The molecule has 5 rings (SSSR count). The molecule has 5 heterocycles. The van der Waals surface area contributed by atoms with Crippen LogP contribution in [0.5, 0.6) is 0 Å². The van der Waals surface area contributed by atoms with E-state index in [1.165, 1.54) is 122 Å². The molecular weight excluding hydrogens is 609 g/mol. The van der Waals surface area contributed by atoms with Gasteiger partial charge >= 0.3 is 0 Å². The second kappa shape index (κ2) is 17.2. The zero-order valence-electron chi connectivity index (χ0n) is 33.4. The highest BCUT2D eigenvalue weighted by molar-refractivity contribution is 5.97. The van der Waals surface area contributed by atoms with Crippen LogP contribution in [0.25, 0.3) is 45.4 Å². The Morgan fingerprint density at radius 2 is 1.06 bits per heavy atom. The number of aryl methyl sites for hydroxylation is 8. The summed E-state index contributed by atoms with van der Waals surface area (Å²) in [7, 11) is 0. The summed E-state index contributed by atoms with van der Waals surface area (Å²) in [6.45, 7) is 24.3. The molecule has 4 nitrogen and oxygen atoms in total. The predicted molar refractivity (Wildman–Crippen MR) is 220 cm³/mol. The standard InChI is InChI=1S/C46H66N4/c1-11-21-23-25-38-40-28-27-30(47-40)29-41-31(13-3)36(18-8)46(50(41)20-10)39(26-24-22-12-2)45-35(17-7)33(15-5)43(49-45)37(19-9)42-32(14-4)34(16-6)44(38)48-42/h27-29,48H,11-26H2,1-10H3. The molecule has 50 heavy (non-hydrogen) atoms. The van der Waals surface area contributed by atoms with E-state index < -0.39 is 0 Å². The van der Waals surface area contributed by atoms with Crippen LogP contribution in [0.15, 0.2) is 6.07 Å². The van der Waals surface area contributed by atoms with Crippen molar-refractivity contribution in [2.24, 2.45) is 0 Å². The van der Waals surface area contributed by atoms with Crippen molar-refractivity contribution in [1.82, 2.24) is 19.5 Å². The summed E-state index contributed by atoms with van der Waals surface area (Å²) in [6, 6.07) is 2.40. The van der Waals surface area contributed by atoms with Gasteiger partial charge in [-0.25, -0.2) is 9.97 Å².